The average Bonchev–Trinajstić information content (AvgIpc) is 2.94. The van der Waals surface area contributed by atoms with E-state index in [1.165, 1.54) is 6.42 Å². The number of carbonyl (C=O) groups is 1. The van der Waals surface area contributed by atoms with Gasteiger partial charge in [-0.3, -0.25) is 4.79 Å². The lowest BCUT2D eigenvalue weighted by molar-refractivity contribution is -0.148. The molecule has 0 radical (unpaired) electrons. The predicted molar refractivity (Wildman–Crippen MR) is 78.0 cm³/mol. The van der Waals surface area contributed by atoms with Gasteiger partial charge < -0.3 is 15.7 Å². The van der Waals surface area contributed by atoms with Crippen LogP contribution in [0.5, 0.6) is 0 Å². The Bertz CT molecular complexity index is 373. The molecule has 0 aromatic carbocycles. The monoisotopic (exact) mass is 280 g/mol. The molecule has 3 rings (SSSR count). The fourth-order valence-corrected chi connectivity index (χ4v) is 4.65. The van der Waals surface area contributed by atoms with E-state index in [0.29, 0.717) is 24.3 Å². The van der Waals surface area contributed by atoms with Gasteiger partial charge in [-0.25, -0.2) is 0 Å². The second-order valence-corrected chi connectivity index (χ2v) is 7.11. The number of piperidine rings is 1. The second kappa shape index (κ2) is 5.64. The van der Waals surface area contributed by atoms with Crippen molar-refractivity contribution in [1.29, 1.82) is 0 Å². The van der Waals surface area contributed by atoms with Crippen LogP contribution in [0.3, 0.4) is 0 Å². The van der Waals surface area contributed by atoms with Crippen LogP contribution in [0.15, 0.2) is 0 Å². The van der Waals surface area contributed by atoms with Crippen molar-refractivity contribution in [2.24, 2.45) is 23.5 Å². The first-order valence-electron chi connectivity index (χ1n) is 8.35. The first-order valence-corrected chi connectivity index (χ1v) is 8.35. The first-order chi connectivity index (χ1) is 9.64. The van der Waals surface area contributed by atoms with Crippen LogP contribution in [0.4, 0.5) is 0 Å². The zero-order valence-corrected chi connectivity index (χ0v) is 12.4. The molecular weight excluding hydrogens is 252 g/mol. The van der Waals surface area contributed by atoms with Gasteiger partial charge in [0.1, 0.15) is 0 Å². The topological polar surface area (TPSA) is 66.6 Å². The van der Waals surface area contributed by atoms with Gasteiger partial charge in [-0.1, -0.05) is 19.3 Å². The number of hydrogen-bond acceptors (Lipinski definition) is 3. The lowest BCUT2D eigenvalue weighted by Gasteiger charge is -2.48. The SMILES string of the molecule is NCC1CCCC1C(=O)N1CCC2(O)CCCCC2C1. The van der Waals surface area contributed by atoms with Crippen molar-refractivity contribution >= 4 is 5.91 Å². The Balaban J connectivity index is 1.65. The van der Waals surface area contributed by atoms with Gasteiger partial charge in [0.2, 0.25) is 5.91 Å². The number of carbonyl (C=O) groups excluding carboxylic acids is 1. The molecule has 4 heteroatoms. The van der Waals surface area contributed by atoms with Crippen molar-refractivity contribution in [3.8, 4) is 0 Å². The fraction of sp³-hybridized carbons (Fsp3) is 0.938. The number of nitrogens with zero attached hydrogens (tertiary/aromatic N) is 1. The van der Waals surface area contributed by atoms with E-state index in [1.807, 2.05) is 4.90 Å². The lowest BCUT2D eigenvalue weighted by Crippen LogP contribution is -2.55. The van der Waals surface area contributed by atoms with Gasteiger partial charge in [-0.15, -0.1) is 0 Å². The van der Waals surface area contributed by atoms with Crippen LogP contribution in [0.2, 0.25) is 0 Å². The highest BCUT2D eigenvalue weighted by molar-refractivity contribution is 5.79. The van der Waals surface area contributed by atoms with E-state index in [0.717, 1.165) is 58.0 Å². The zero-order valence-electron chi connectivity index (χ0n) is 12.4. The van der Waals surface area contributed by atoms with Gasteiger partial charge in [-0.2, -0.15) is 0 Å². The van der Waals surface area contributed by atoms with Gasteiger partial charge in [0.25, 0.3) is 0 Å². The van der Waals surface area contributed by atoms with Crippen LogP contribution in [0.25, 0.3) is 0 Å². The van der Waals surface area contributed by atoms with E-state index >= 15 is 0 Å². The number of hydrogen-bond donors (Lipinski definition) is 2. The summed E-state index contributed by atoms with van der Waals surface area (Å²) in [6.45, 7) is 2.14. The van der Waals surface area contributed by atoms with Crippen molar-refractivity contribution in [2.45, 2.75) is 57.0 Å². The third-order valence-electron chi connectivity index (χ3n) is 6.02. The summed E-state index contributed by atoms with van der Waals surface area (Å²) in [7, 11) is 0. The van der Waals surface area contributed by atoms with Crippen LogP contribution in [0, 0.1) is 17.8 Å². The third-order valence-corrected chi connectivity index (χ3v) is 6.02. The van der Waals surface area contributed by atoms with Crippen LogP contribution in [0.1, 0.15) is 51.4 Å². The molecule has 3 aliphatic rings. The molecule has 20 heavy (non-hydrogen) atoms. The highest BCUT2D eigenvalue weighted by Crippen LogP contribution is 2.41. The van der Waals surface area contributed by atoms with Crippen LogP contribution < -0.4 is 5.73 Å². The van der Waals surface area contributed by atoms with Crippen molar-refractivity contribution < 1.29 is 9.90 Å². The average molecular weight is 280 g/mol. The summed E-state index contributed by atoms with van der Waals surface area (Å²) in [4.78, 5) is 14.8. The van der Waals surface area contributed by atoms with Crippen LogP contribution in [-0.4, -0.2) is 41.1 Å². The van der Waals surface area contributed by atoms with Gasteiger partial charge in [0, 0.05) is 24.9 Å². The molecule has 4 nitrogen and oxygen atoms in total. The molecule has 4 atom stereocenters. The summed E-state index contributed by atoms with van der Waals surface area (Å²) in [6, 6.07) is 0. The minimum absolute atomic E-state index is 0.148. The molecule has 114 valence electrons. The summed E-state index contributed by atoms with van der Waals surface area (Å²) >= 11 is 0. The van der Waals surface area contributed by atoms with E-state index in [-0.39, 0.29) is 5.92 Å². The molecule has 2 aliphatic carbocycles. The number of aliphatic hydroxyl groups is 1. The van der Waals surface area contributed by atoms with Gasteiger partial charge in [0.15, 0.2) is 0 Å². The van der Waals surface area contributed by atoms with Crippen molar-refractivity contribution in [1.82, 2.24) is 4.90 Å². The lowest BCUT2D eigenvalue weighted by atomic mass is 9.71. The quantitative estimate of drug-likeness (QED) is 0.806. The molecule has 3 fully saturated rings. The number of amides is 1. The number of fused-ring (bicyclic) bond motifs is 1. The Morgan fingerprint density at radius 3 is 2.85 bits per heavy atom. The number of likely N-dealkylation sites (tertiary alicyclic amines) is 1. The maximum absolute atomic E-state index is 12.7. The fourth-order valence-electron chi connectivity index (χ4n) is 4.65. The molecule has 0 spiro atoms. The molecule has 1 amide bonds. The summed E-state index contributed by atoms with van der Waals surface area (Å²) in [5.74, 6) is 1.14. The van der Waals surface area contributed by atoms with E-state index < -0.39 is 5.60 Å². The molecule has 1 saturated heterocycles. The zero-order chi connectivity index (χ0) is 14.2. The number of rotatable bonds is 2. The Hall–Kier alpha value is -0.610. The van der Waals surface area contributed by atoms with E-state index in [2.05, 4.69) is 0 Å². The van der Waals surface area contributed by atoms with E-state index in [1.54, 1.807) is 0 Å². The molecular formula is C16H28N2O2. The molecule has 0 aromatic heterocycles. The minimum Gasteiger partial charge on any atom is -0.389 e. The standard InChI is InChI=1S/C16H28N2O2/c17-10-12-4-3-6-14(12)15(19)18-9-8-16(20)7-2-1-5-13(16)11-18/h12-14,20H,1-11,17H2. The summed E-state index contributed by atoms with van der Waals surface area (Å²) in [5.41, 5.74) is 5.32. The molecule has 2 saturated carbocycles. The van der Waals surface area contributed by atoms with Gasteiger partial charge >= 0.3 is 0 Å². The predicted octanol–water partition coefficient (Wildman–Crippen LogP) is 1.51. The summed E-state index contributed by atoms with van der Waals surface area (Å²) in [5, 5.41) is 10.7. The highest BCUT2D eigenvalue weighted by Gasteiger charge is 2.45. The van der Waals surface area contributed by atoms with Crippen LogP contribution >= 0.6 is 0 Å². The third kappa shape index (κ3) is 2.48. The number of nitrogens with two attached hydrogens (primary N) is 1. The molecule has 3 N–H and O–H groups in total. The van der Waals surface area contributed by atoms with Crippen molar-refractivity contribution in [3.63, 3.8) is 0 Å². The molecule has 1 heterocycles. The molecule has 0 bridgehead atoms. The van der Waals surface area contributed by atoms with Crippen molar-refractivity contribution in [2.75, 3.05) is 19.6 Å². The van der Waals surface area contributed by atoms with Gasteiger partial charge in [-0.05, 0) is 44.6 Å². The minimum atomic E-state index is -0.488. The summed E-state index contributed by atoms with van der Waals surface area (Å²) < 4.78 is 0. The largest absolute Gasteiger partial charge is 0.389 e. The van der Waals surface area contributed by atoms with Gasteiger partial charge in [0.05, 0.1) is 5.60 Å². The van der Waals surface area contributed by atoms with E-state index in [4.69, 9.17) is 5.73 Å². The smallest absolute Gasteiger partial charge is 0.226 e. The Kier molecular flexibility index (Phi) is 4.04. The maximum atomic E-state index is 12.7. The maximum Gasteiger partial charge on any atom is 0.226 e. The molecule has 0 aromatic rings. The van der Waals surface area contributed by atoms with E-state index in [9.17, 15) is 9.90 Å². The van der Waals surface area contributed by atoms with Crippen molar-refractivity contribution in [3.05, 3.63) is 0 Å². The summed E-state index contributed by atoms with van der Waals surface area (Å²) in [6.07, 6.45) is 8.35. The first kappa shape index (κ1) is 14.3. The molecule has 1 aliphatic heterocycles. The van der Waals surface area contributed by atoms with Crippen LogP contribution in [-0.2, 0) is 4.79 Å². The molecule has 4 unspecified atom stereocenters. The highest BCUT2D eigenvalue weighted by atomic mass is 16.3. The second-order valence-electron chi connectivity index (χ2n) is 7.11. The Morgan fingerprint density at radius 2 is 2.05 bits per heavy atom. The Labute approximate surface area is 121 Å². The Morgan fingerprint density at radius 1 is 1.20 bits per heavy atom. The normalized spacial score (nSPS) is 41.5.